The monoisotopic (exact) mass is 352 g/mol. The molecule has 3 heterocycles. The molecule has 1 aliphatic heterocycles. The van der Waals surface area contributed by atoms with E-state index < -0.39 is 5.91 Å². The van der Waals surface area contributed by atoms with Crippen molar-refractivity contribution in [1.82, 2.24) is 14.9 Å². The van der Waals surface area contributed by atoms with Crippen LogP contribution in [-0.4, -0.2) is 33.9 Å². The number of benzene rings is 1. The van der Waals surface area contributed by atoms with Crippen LogP contribution in [0.2, 0.25) is 0 Å². The molecule has 0 bridgehead atoms. The van der Waals surface area contributed by atoms with E-state index in [0.717, 1.165) is 47.8 Å². The summed E-state index contributed by atoms with van der Waals surface area (Å²) >= 11 is 0. The zero-order valence-corrected chi connectivity index (χ0v) is 15.4. The van der Waals surface area contributed by atoms with Gasteiger partial charge >= 0.3 is 0 Å². The van der Waals surface area contributed by atoms with Gasteiger partial charge in [0.25, 0.3) is 5.91 Å². The van der Waals surface area contributed by atoms with Crippen LogP contribution in [0.3, 0.4) is 0 Å². The van der Waals surface area contributed by atoms with Crippen molar-refractivity contribution in [2.45, 2.75) is 38.6 Å². The van der Waals surface area contributed by atoms with Crippen LogP contribution < -0.4 is 5.73 Å². The average molecular weight is 352 g/mol. The number of primary amides is 1. The second kappa shape index (κ2) is 5.99. The van der Waals surface area contributed by atoms with E-state index >= 15 is 0 Å². The van der Waals surface area contributed by atoms with Crippen LogP contribution in [0.4, 0.5) is 0 Å². The lowest BCUT2D eigenvalue weighted by molar-refractivity contribution is 0.0970. The van der Waals surface area contributed by atoms with Crippen LogP contribution in [0.25, 0.3) is 11.0 Å². The fraction of sp³-hybridized carbons (Fsp3) is 0.400. The van der Waals surface area contributed by atoms with Crippen LogP contribution in [0.15, 0.2) is 34.7 Å². The van der Waals surface area contributed by atoms with Gasteiger partial charge in [-0.15, -0.1) is 0 Å². The van der Waals surface area contributed by atoms with Crippen LogP contribution in [0, 0.1) is 0 Å². The minimum Gasteiger partial charge on any atom is -0.455 e. The van der Waals surface area contributed by atoms with Crippen molar-refractivity contribution in [3.8, 4) is 0 Å². The van der Waals surface area contributed by atoms with Crippen molar-refractivity contribution in [2.75, 3.05) is 13.1 Å². The summed E-state index contributed by atoms with van der Waals surface area (Å²) in [5.74, 6) is 2.00. The summed E-state index contributed by atoms with van der Waals surface area (Å²) in [6.07, 6.45) is 0. The molecule has 1 fully saturated rings. The summed E-state index contributed by atoms with van der Waals surface area (Å²) in [5, 5.41) is 0. The Bertz CT molecular complexity index is 925. The summed E-state index contributed by atoms with van der Waals surface area (Å²) in [6.45, 7) is 8.84. The third kappa shape index (κ3) is 3.01. The van der Waals surface area contributed by atoms with E-state index in [1.807, 2.05) is 18.2 Å². The molecule has 2 aromatic heterocycles. The largest absolute Gasteiger partial charge is 0.455 e. The number of carbonyl (C=O) groups excluding carboxylic acids is 1. The Morgan fingerprint density at radius 1 is 1.35 bits per heavy atom. The molecule has 136 valence electrons. The van der Waals surface area contributed by atoms with E-state index in [-0.39, 0.29) is 11.2 Å². The Balaban J connectivity index is 1.47. The van der Waals surface area contributed by atoms with Crippen molar-refractivity contribution in [3.05, 3.63) is 53.2 Å². The molecule has 0 spiro atoms. The molecule has 1 aliphatic rings. The number of nitrogens with two attached hydrogens (primary N) is 1. The molecule has 0 atom stereocenters. The summed E-state index contributed by atoms with van der Waals surface area (Å²) in [6, 6.07) is 9.88. The molecule has 6 nitrogen and oxygen atoms in total. The molecule has 1 amide bonds. The quantitative estimate of drug-likeness (QED) is 0.755. The maximum Gasteiger partial charge on any atom is 0.284 e. The van der Waals surface area contributed by atoms with Crippen LogP contribution in [-0.2, 0) is 12.0 Å². The van der Waals surface area contributed by atoms with E-state index in [1.165, 1.54) is 0 Å². The van der Waals surface area contributed by atoms with Crippen molar-refractivity contribution in [2.24, 2.45) is 5.73 Å². The first-order valence-electron chi connectivity index (χ1n) is 8.91. The molecular formula is C20H24N4O2. The highest BCUT2D eigenvalue weighted by molar-refractivity contribution is 5.90. The van der Waals surface area contributed by atoms with E-state index in [0.29, 0.717) is 5.92 Å². The van der Waals surface area contributed by atoms with Gasteiger partial charge in [0.05, 0.1) is 11.0 Å². The molecule has 1 saturated heterocycles. The van der Waals surface area contributed by atoms with Crippen LogP contribution in [0.1, 0.15) is 54.4 Å². The van der Waals surface area contributed by atoms with Gasteiger partial charge in [0.2, 0.25) is 0 Å². The lowest BCUT2D eigenvalue weighted by atomic mass is 9.89. The van der Waals surface area contributed by atoms with Gasteiger partial charge in [-0.2, -0.15) is 0 Å². The summed E-state index contributed by atoms with van der Waals surface area (Å²) in [7, 11) is 0. The number of carbonyl (C=O) groups is 1. The fourth-order valence-corrected chi connectivity index (χ4v) is 3.58. The van der Waals surface area contributed by atoms with Gasteiger partial charge in [0, 0.05) is 36.5 Å². The Labute approximate surface area is 152 Å². The molecule has 0 aliphatic carbocycles. The summed E-state index contributed by atoms with van der Waals surface area (Å²) in [5.41, 5.74) is 8.35. The molecule has 1 aromatic carbocycles. The third-order valence-electron chi connectivity index (χ3n) is 4.88. The lowest BCUT2D eigenvalue weighted by Crippen LogP contribution is -2.44. The maximum absolute atomic E-state index is 11.5. The van der Waals surface area contributed by atoms with Gasteiger partial charge < -0.3 is 15.1 Å². The smallest absolute Gasteiger partial charge is 0.284 e. The number of fused-ring (bicyclic) bond motifs is 1. The number of nitrogens with zero attached hydrogens (tertiary/aromatic N) is 2. The topological polar surface area (TPSA) is 88.2 Å². The molecule has 3 aromatic rings. The number of para-hydroxylation sites is 2. The summed E-state index contributed by atoms with van der Waals surface area (Å²) < 4.78 is 5.74. The van der Waals surface area contributed by atoms with Gasteiger partial charge in [0.1, 0.15) is 11.6 Å². The van der Waals surface area contributed by atoms with Crippen molar-refractivity contribution in [3.63, 3.8) is 0 Å². The number of hydrogen-bond acceptors (Lipinski definition) is 4. The zero-order chi connectivity index (χ0) is 18.5. The normalized spacial score (nSPS) is 16.1. The molecular weight excluding hydrogens is 328 g/mol. The molecule has 0 unspecified atom stereocenters. The number of hydrogen-bond donors (Lipinski definition) is 2. The van der Waals surface area contributed by atoms with E-state index in [9.17, 15) is 4.79 Å². The Kier molecular flexibility index (Phi) is 3.88. The molecule has 4 rings (SSSR count). The number of nitrogens with one attached hydrogen (secondary N) is 1. The number of amides is 1. The zero-order valence-electron chi connectivity index (χ0n) is 15.4. The first-order valence-corrected chi connectivity index (χ1v) is 8.91. The molecule has 3 N–H and O–H groups in total. The van der Waals surface area contributed by atoms with E-state index in [4.69, 9.17) is 15.1 Å². The van der Waals surface area contributed by atoms with Gasteiger partial charge in [-0.1, -0.05) is 32.9 Å². The number of imidazole rings is 1. The average Bonchev–Trinajstić information content (AvgIpc) is 3.13. The van der Waals surface area contributed by atoms with Gasteiger partial charge in [-0.3, -0.25) is 9.69 Å². The van der Waals surface area contributed by atoms with Crippen molar-refractivity contribution in [1.29, 1.82) is 0 Å². The maximum atomic E-state index is 11.5. The summed E-state index contributed by atoms with van der Waals surface area (Å²) in [4.78, 5) is 21.9. The van der Waals surface area contributed by atoms with E-state index in [1.54, 1.807) is 6.07 Å². The number of likely N-dealkylation sites (tertiary alicyclic amines) is 1. The number of furan rings is 1. The minimum absolute atomic E-state index is 0.175. The highest BCUT2D eigenvalue weighted by Gasteiger charge is 2.33. The highest BCUT2D eigenvalue weighted by atomic mass is 16.4. The van der Waals surface area contributed by atoms with Gasteiger partial charge in [0.15, 0.2) is 5.76 Å². The first-order chi connectivity index (χ1) is 12.3. The number of H-pyrrole nitrogens is 1. The second-order valence-corrected chi connectivity index (χ2v) is 8.11. The Morgan fingerprint density at radius 2 is 2.08 bits per heavy atom. The fourth-order valence-electron chi connectivity index (χ4n) is 3.58. The predicted molar refractivity (Wildman–Crippen MR) is 100 cm³/mol. The highest BCUT2D eigenvalue weighted by Crippen LogP contribution is 2.33. The van der Waals surface area contributed by atoms with Crippen molar-refractivity contribution < 1.29 is 9.21 Å². The van der Waals surface area contributed by atoms with E-state index in [2.05, 4.69) is 36.7 Å². The lowest BCUT2D eigenvalue weighted by Gasteiger charge is -2.38. The first kappa shape index (κ1) is 16.8. The molecule has 26 heavy (non-hydrogen) atoms. The molecule has 6 heteroatoms. The predicted octanol–water partition coefficient (Wildman–Crippen LogP) is 3.15. The Morgan fingerprint density at radius 3 is 2.73 bits per heavy atom. The van der Waals surface area contributed by atoms with Gasteiger partial charge in [-0.25, -0.2) is 4.98 Å². The Hall–Kier alpha value is -2.60. The standard InChI is InChI=1S/C20H24N4O2/c1-20(2,3)17-12(8-16(26-17)18(21)25)9-24-10-13(11-24)19-22-14-6-4-5-7-15(14)23-19/h4-8,13H,9-11H2,1-3H3,(H2,21,25)(H,22,23). The SMILES string of the molecule is CC(C)(C)c1oc(C(N)=O)cc1CN1CC(c2nc3ccccc3[nH]2)C1. The number of rotatable bonds is 4. The van der Waals surface area contributed by atoms with Crippen molar-refractivity contribution >= 4 is 16.9 Å². The second-order valence-electron chi connectivity index (χ2n) is 8.11. The molecule has 0 radical (unpaired) electrons. The number of aromatic amines is 1. The molecule has 0 saturated carbocycles. The minimum atomic E-state index is -0.523. The van der Waals surface area contributed by atoms with Crippen LogP contribution >= 0.6 is 0 Å². The number of aromatic nitrogens is 2. The van der Waals surface area contributed by atoms with Crippen LogP contribution in [0.5, 0.6) is 0 Å². The van der Waals surface area contributed by atoms with Gasteiger partial charge in [-0.05, 0) is 18.2 Å². The third-order valence-corrected chi connectivity index (χ3v) is 4.88.